The van der Waals surface area contributed by atoms with Crippen LogP contribution in [0.3, 0.4) is 0 Å². The number of rotatable bonds is 22. The number of allylic oxidation sites excluding steroid dienone is 3. The van der Waals surface area contributed by atoms with Crippen LogP contribution in [0.25, 0.3) is 0 Å². The van der Waals surface area contributed by atoms with Crippen LogP contribution in [0.4, 0.5) is 5.69 Å². The van der Waals surface area contributed by atoms with Crippen LogP contribution in [0.5, 0.6) is 0 Å². The van der Waals surface area contributed by atoms with Gasteiger partial charge in [0.25, 0.3) is 5.69 Å². The smallest absolute Gasteiger partial charge is 0.308 e. The fraction of sp³-hybridized carbons (Fsp3) is 0.741. The van der Waals surface area contributed by atoms with Gasteiger partial charge < -0.3 is 63.1 Å². The van der Waals surface area contributed by atoms with Crippen molar-refractivity contribution >= 4 is 17.4 Å². The molecular weight excluding hydrogens is 991 g/mol. The number of aromatic nitrogens is 3. The average Bonchev–Trinajstić information content (AvgIpc) is 3.86. The number of carbonyl (C=O) groups excluding carboxylic acids is 2. The van der Waals surface area contributed by atoms with Gasteiger partial charge >= 0.3 is 5.97 Å². The van der Waals surface area contributed by atoms with Crippen LogP contribution in [-0.2, 0) is 71.6 Å². The molecule has 17 atom stereocenters. The van der Waals surface area contributed by atoms with E-state index < -0.39 is 127 Å². The molecule has 0 saturated carbocycles. The van der Waals surface area contributed by atoms with Crippen LogP contribution in [0.2, 0.25) is 0 Å². The predicted octanol–water partition coefficient (Wildman–Crippen LogP) is 4.12. The number of aliphatic hydroxyl groups is 4. The second kappa shape index (κ2) is 30.3. The molecule has 22 nitrogen and oxygen atoms in total. The highest BCUT2D eigenvalue weighted by Crippen LogP contribution is 2.36. The zero-order valence-electron chi connectivity index (χ0n) is 46.1. The molecule has 1 aromatic heterocycles. The van der Waals surface area contributed by atoms with Crippen LogP contribution in [-0.4, -0.2) is 191 Å². The van der Waals surface area contributed by atoms with Crippen molar-refractivity contribution in [3.8, 4) is 0 Å². The third kappa shape index (κ3) is 17.2. The average molecular weight is 1080 g/mol. The number of ketones is 1. The van der Waals surface area contributed by atoms with Crippen LogP contribution in [0.15, 0.2) is 54.3 Å². The molecule has 428 valence electrons. The third-order valence-electron chi connectivity index (χ3n) is 14.9. The van der Waals surface area contributed by atoms with E-state index in [0.717, 1.165) is 5.56 Å². The number of aliphatic hydroxyl groups excluding tert-OH is 4. The summed E-state index contributed by atoms with van der Waals surface area (Å²) in [6, 6.07) is 5.46. The standard InChI is InChI=1S/C54H85N5O17/c1-12-43-38(30-72-54-52(69-11)51(68-10)48(64)35(8)74-54)25-31(4)15-20-41(60)32(5)26-37(27-45(70-13-2)71-14-3)50(33(6)42(61)28-44(62)75-43)76-53-49(65)46(47(63)34(7)73-53)57(9)23-22-39-29-58(56-55-39)24-21-36-16-18-40(19-17-36)59(66)67/h15-20,25,29,32-35,37-38,42-43,45-54,61,63-65H,12-14,21-24,26-28,30H2,1-11H3/b20-15+,31-25+/t32-,33+,34?,35?,37-,38-,42-,43-,46?,47?,48?,49?,50-,51?,52?,53?,54?/m1/s1. The minimum atomic E-state index is -1.42. The van der Waals surface area contributed by atoms with E-state index in [2.05, 4.69) is 10.3 Å². The summed E-state index contributed by atoms with van der Waals surface area (Å²) in [5.41, 5.74) is 2.30. The fourth-order valence-corrected chi connectivity index (χ4v) is 10.4. The van der Waals surface area contributed by atoms with Gasteiger partial charge in [0, 0.05) is 89.4 Å². The van der Waals surface area contributed by atoms with E-state index in [1.54, 1.807) is 50.7 Å². The summed E-state index contributed by atoms with van der Waals surface area (Å²) in [4.78, 5) is 40.6. The molecule has 0 aliphatic carbocycles. The summed E-state index contributed by atoms with van der Waals surface area (Å²) >= 11 is 0. The first-order valence-electron chi connectivity index (χ1n) is 26.7. The van der Waals surface area contributed by atoms with Gasteiger partial charge in [0.15, 0.2) is 24.7 Å². The highest BCUT2D eigenvalue weighted by atomic mass is 16.7. The summed E-state index contributed by atoms with van der Waals surface area (Å²) in [5, 5.41) is 66.3. The SMILES string of the molecule is CCOC(C[C@H]1C[C@@H](C)C(=O)/C=C/C(C)=C/[C@H](COC2OC(C)C(O)C(OC)C2OC)[C@@H](CC)OC(=O)C[C@@H](O)[C@H](C)[C@H]1OC1OC(C)C(O)C(N(C)CCc2cn(CCc3ccc([N+](=O)[O-])cc3)nn2)C1O)OCC. The zero-order valence-corrected chi connectivity index (χ0v) is 46.1. The molecule has 1 aromatic carbocycles. The van der Waals surface area contributed by atoms with Gasteiger partial charge in [0.2, 0.25) is 0 Å². The Labute approximate surface area is 447 Å². The maximum Gasteiger partial charge on any atom is 0.308 e. The third-order valence-corrected chi connectivity index (χ3v) is 14.9. The van der Waals surface area contributed by atoms with Crippen molar-refractivity contribution in [2.24, 2.45) is 23.7 Å². The van der Waals surface area contributed by atoms with E-state index in [4.69, 9.17) is 42.6 Å². The summed E-state index contributed by atoms with van der Waals surface area (Å²) in [5.74, 6) is -3.43. The van der Waals surface area contributed by atoms with Gasteiger partial charge in [-0.1, -0.05) is 55.8 Å². The molecule has 0 bridgehead atoms. The molecule has 2 aromatic rings. The van der Waals surface area contributed by atoms with Crippen LogP contribution < -0.4 is 0 Å². The highest BCUT2D eigenvalue weighted by Gasteiger charge is 2.49. The molecule has 2 fully saturated rings. The number of nitro groups is 1. The molecule has 2 saturated heterocycles. The Morgan fingerprint density at radius 2 is 1.54 bits per heavy atom. The van der Waals surface area contributed by atoms with Gasteiger partial charge in [0.1, 0.15) is 30.5 Å². The lowest BCUT2D eigenvalue weighted by molar-refractivity contribution is -0.384. The van der Waals surface area contributed by atoms with Crippen LogP contribution in [0.1, 0.15) is 92.3 Å². The number of nitro benzene ring substituents is 1. The number of benzene rings is 1. The van der Waals surface area contributed by atoms with Crippen molar-refractivity contribution in [2.75, 3.05) is 47.6 Å². The molecule has 10 unspecified atom stereocenters. The summed E-state index contributed by atoms with van der Waals surface area (Å²) in [7, 11) is 4.71. The fourth-order valence-electron chi connectivity index (χ4n) is 10.4. The van der Waals surface area contributed by atoms with E-state index in [1.807, 2.05) is 51.8 Å². The van der Waals surface area contributed by atoms with Gasteiger partial charge in [-0.2, -0.15) is 0 Å². The summed E-state index contributed by atoms with van der Waals surface area (Å²) in [6.45, 7) is 15.8. The molecule has 0 radical (unpaired) electrons. The van der Waals surface area contributed by atoms with Gasteiger partial charge in [-0.05, 0) is 78.5 Å². The molecule has 3 aliphatic rings. The number of hydrogen-bond acceptors (Lipinski definition) is 20. The number of carbonyl (C=O) groups is 2. The lowest BCUT2D eigenvalue weighted by Gasteiger charge is -2.47. The highest BCUT2D eigenvalue weighted by molar-refractivity contribution is 5.91. The lowest BCUT2D eigenvalue weighted by atomic mass is 9.79. The summed E-state index contributed by atoms with van der Waals surface area (Å²) in [6.07, 6.45) is -4.39. The van der Waals surface area contributed by atoms with E-state index in [9.17, 15) is 40.1 Å². The molecule has 22 heteroatoms. The van der Waals surface area contributed by atoms with Crippen LogP contribution in [0, 0.1) is 33.8 Å². The van der Waals surface area contributed by atoms with Gasteiger partial charge in [-0.3, -0.25) is 29.3 Å². The molecule has 4 N–H and O–H groups in total. The van der Waals surface area contributed by atoms with E-state index in [1.165, 1.54) is 32.4 Å². The van der Waals surface area contributed by atoms with Crippen molar-refractivity contribution in [1.29, 1.82) is 0 Å². The largest absolute Gasteiger partial charge is 0.462 e. The Hall–Kier alpha value is -4.14. The number of esters is 1. The second-order valence-corrected chi connectivity index (χ2v) is 20.4. The maximum absolute atomic E-state index is 14.1. The number of ether oxygens (including phenoxy) is 9. The minimum Gasteiger partial charge on any atom is -0.462 e. The number of hydrogen-bond donors (Lipinski definition) is 4. The quantitative estimate of drug-likeness (QED) is 0.0559. The number of cyclic esters (lactones) is 1. The lowest BCUT2D eigenvalue weighted by Crippen LogP contribution is -2.64. The van der Waals surface area contributed by atoms with Gasteiger partial charge in [0.05, 0.1) is 60.2 Å². The van der Waals surface area contributed by atoms with Crippen molar-refractivity contribution < 1.29 is 77.6 Å². The molecule has 4 heterocycles. The number of nitrogens with zero attached hydrogens (tertiary/aromatic N) is 5. The minimum absolute atomic E-state index is 0.00905. The van der Waals surface area contributed by atoms with E-state index in [-0.39, 0.29) is 30.9 Å². The Balaban J connectivity index is 1.39. The zero-order chi connectivity index (χ0) is 55.8. The molecule has 0 spiro atoms. The number of methoxy groups -OCH3 is 2. The van der Waals surface area contributed by atoms with E-state index >= 15 is 0 Å². The number of likely N-dealkylation sites (N-methyl/N-ethyl adjacent to an activating group) is 1. The predicted molar refractivity (Wildman–Crippen MR) is 276 cm³/mol. The molecular formula is C54H85N5O17. The Morgan fingerprint density at radius 3 is 2.17 bits per heavy atom. The normalized spacial score (nSPS) is 34.5. The van der Waals surface area contributed by atoms with Crippen molar-refractivity contribution in [3.63, 3.8) is 0 Å². The van der Waals surface area contributed by atoms with E-state index in [0.29, 0.717) is 56.8 Å². The Bertz CT molecular complexity index is 2160. The Kier molecular flexibility index (Phi) is 25.0. The Morgan fingerprint density at radius 1 is 0.882 bits per heavy atom. The number of non-ortho nitro benzene ring substituents is 1. The van der Waals surface area contributed by atoms with Crippen LogP contribution >= 0.6 is 0 Å². The molecule has 5 rings (SSSR count). The van der Waals surface area contributed by atoms with Gasteiger partial charge in [-0.15, -0.1) is 5.10 Å². The summed E-state index contributed by atoms with van der Waals surface area (Å²) < 4.78 is 56.6. The first-order valence-corrected chi connectivity index (χ1v) is 26.7. The van der Waals surface area contributed by atoms with Crippen molar-refractivity contribution in [2.45, 2.75) is 186 Å². The second-order valence-electron chi connectivity index (χ2n) is 20.4. The van der Waals surface area contributed by atoms with Gasteiger partial charge in [-0.25, -0.2) is 0 Å². The van der Waals surface area contributed by atoms with Crippen molar-refractivity contribution in [3.05, 3.63) is 75.6 Å². The first-order chi connectivity index (χ1) is 36.2. The topological polar surface area (TPSA) is 275 Å². The molecule has 0 amide bonds. The number of aryl methyl sites for hydroxylation is 2. The first kappa shape index (κ1) is 62.7. The molecule has 76 heavy (non-hydrogen) atoms. The van der Waals surface area contributed by atoms with Crippen molar-refractivity contribution in [1.82, 2.24) is 19.9 Å². The monoisotopic (exact) mass is 1080 g/mol. The maximum atomic E-state index is 14.1. The molecule has 3 aliphatic heterocycles.